The lowest BCUT2D eigenvalue weighted by atomic mass is 9.92. The Kier molecular flexibility index (Phi) is 5.51. The van der Waals surface area contributed by atoms with Crippen LogP contribution in [-0.4, -0.2) is 19.3 Å². The van der Waals surface area contributed by atoms with E-state index in [-0.39, 0.29) is 0 Å². The van der Waals surface area contributed by atoms with Crippen LogP contribution >= 0.6 is 0 Å². The summed E-state index contributed by atoms with van der Waals surface area (Å²) >= 11 is 0. The molecule has 3 heterocycles. The third-order valence-corrected chi connectivity index (χ3v) is 9.25. The van der Waals surface area contributed by atoms with Gasteiger partial charge in [0.15, 0.2) is 5.82 Å². The van der Waals surface area contributed by atoms with Gasteiger partial charge in [0.1, 0.15) is 11.5 Å². The first-order valence-corrected chi connectivity index (χ1v) is 15.8. The average Bonchev–Trinajstić information content (AvgIpc) is 3.71. The fraction of sp³-hybridized carbons (Fsp3) is 0. The summed E-state index contributed by atoms with van der Waals surface area (Å²) in [6.07, 6.45) is 0. The number of hydrogen-bond acceptors (Lipinski definition) is 3. The lowest BCUT2D eigenvalue weighted by Gasteiger charge is -2.22. The molecular formula is C42H26N4O. The summed E-state index contributed by atoms with van der Waals surface area (Å²) in [5.74, 6) is 3.33. The van der Waals surface area contributed by atoms with Gasteiger partial charge >= 0.3 is 0 Å². The number of fused-ring (bicyclic) bond motifs is 5. The molecule has 0 saturated carbocycles. The minimum absolute atomic E-state index is 0.742. The first kappa shape index (κ1) is 25.8. The van der Waals surface area contributed by atoms with Crippen LogP contribution in [-0.2, 0) is 0 Å². The normalized spacial score (nSPS) is 12.0. The molecule has 0 bridgehead atoms. The summed E-state index contributed by atoms with van der Waals surface area (Å²) in [5.41, 5.74) is 8.75. The summed E-state index contributed by atoms with van der Waals surface area (Å²) < 4.78 is 10.8. The second-order valence-electron chi connectivity index (χ2n) is 11.9. The quantitative estimate of drug-likeness (QED) is 0.201. The Balaban J connectivity index is 1.18. The van der Waals surface area contributed by atoms with Gasteiger partial charge in [0, 0.05) is 27.3 Å². The van der Waals surface area contributed by atoms with Crippen molar-refractivity contribution in [3.8, 4) is 56.8 Å². The highest BCUT2D eigenvalue weighted by Crippen LogP contribution is 2.47. The molecule has 0 fully saturated rings. The first-order valence-electron chi connectivity index (χ1n) is 15.8. The molecule has 0 aliphatic carbocycles. The number of aromatic nitrogens is 4. The Morgan fingerprint density at radius 1 is 0.447 bits per heavy atom. The standard InChI is InChI=1S/C42H26N4O/c1-3-11-28(12-4-1)41-43-44-42(45(41)31-15-5-2-6-16-31)46-36-19-8-7-17-32(36)34-25-29(21-23-37(34)46)30-22-24-38-35(26-30)33-18-9-13-27-14-10-20-39(47-38)40(27)33/h1-26H. The number of benzene rings is 7. The van der Waals surface area contributed by atoms with E-state index in [0.29, 0.717) is 0 Å². The highest BCUT2D eigenvalue weighted by molar-refractivity contribution is 6.10. The highest BCUT2D eigenvalue weighted by Gasteiger charge is 2.23. The second kappa shape index (κ2) is 10.0. The predicted octanol–water partition coefficient (Wildman–Crippen LogP) is 10.6. The number of rotatable bonds is 4. The van der Waals surface area contributed by atoms with Gasteiger partial charge in [-0.15, -0.1) is 10.2 Å². The van der Waals surface area contributed by atoms with Crippen LogP contribution < -0.4 is 4.74 Å². The van der Waals surface area contributed by atoms with E-state index in [2.05, 4.69) is 137 Å². The van der Waals surface area contributed by atoms with Crippen molar-refractivity contribution in [1.82, 2.24) is 19.3 Å². The summed E-state index contributed by atoms with van der Waals surface area (Å²) in [7, 11) is 0. The summed E-state index contributed by atoms with van der Waals surface area (Å²) in [5, 5.41) is 14.3. The smallest absolute Gasteiger partial charge is 0.241 e. The van der Waals surface area contributed by atoms with Crippen LogP contribution in [0.5, 0.6) is 11.5 Å². The molecular weight excluding hydrogens is 576 g/mol. The van der Waals surface area contributed by atoms with Gasteiger partial charge in [0.05, 0.1) is 16.7 Å². The summed E-state index contributed by atoms with van der Waals surface area (Å²) in [6.45, 7) is 0. The first-order chi connectivity index (χ1) is 23.3. The number of nitrogens with zero attached hydrogens (tertiary/aromatic N) is 4. The van der Waals surface area contributed by atoms with Gasteiger partial charge in [-0.1, -0.05) is 109 Å². The molecule has 0 spiro atoms. The molecule has 10 rings (SSSR count). The second-order valence-corrected chi connectivity index (χ2v) is 11.9. The molecule has 5 heteroatoms. The number of hydrogen-bond donors (Lipinski definition) is 0. The number of ether oxygens (including phenoxy) is 1. The van der Waals surface area contributed by atoms with Crippen molar-refractivity contribution in [2.45, 2.75) is 0 Å². The molecule has 0 unspecified atom stereocenters. The monoisotopic (exact) mass is 602 g/mol. The summed E-state index contributed by atoms with van der Waals surface area (Å²) in [4.78, 5) is 0. The molecule has 0 saturated heterocycles. The molecule has 220 valence electrons. The van der Waals surface area contributed by atoms with Crippen molar-refractivity contribution in [2.75, 3.05) is 0 Å². The van der Waals surface area contributed by atoms with Crippen molar-refractivity contribution < 1.29 is 4.74 Å². The zero-order valence-corrected chi connectivity index (χ0v) is 25.2. The molecule has 47 heavy (non-hydrogen) atoms. The van der Waals surface area contributed by atoms with Crippen molar-refractivity contribution in [3.63, 3.8) is 0 Å². The largest absolute Gasteiger partial charge is 0.456 e. The fourth-order valence-corrected chi connectivity index (χ4v) is 7.12. The Bertz CT molecular complexity index is 2650. The van der Waals surface area contributed by atoms with E-state index < -0.39 is 0 Å². The molecule has 1 aliphatic rings. The lowest BCUT2D eigenvalue weighted by Crippen LogP contribution is -2.06. The van der Waals surface area contributed by atoms with Crippen LogP contribution in [0.1, 0.15) is 0 Å². The van der Waals surface area contributed by atoms with Crippen LogP contribution in [0.25, 0.3) is 77.9 Å². The zero-order chi connectivity index (χ0) is 30.9. The third kappa shape index (κ3) is 3.90. The molecule has 2 aromatic heterocycles. The maximum absolute atomic E-state index is 6.38. The van der Waals surface area contributed by atoms with Crippen LogP contribution in [0, 0.1) is 0 Å². The fourth-order valence-electron chi connectivity index (χ4n) is 7.12. The third-order valence-electron chi connectivity index (χ3n) is 9.25. The molecule has 0 radical (unpaired) electrons. The maximum Gasteiger partial charge on any atom is 0.241 e. The minimum atomic E-state index is 0.742. The SMILES string of the molecule is c1ccc(-c2nnc(-n3c4ccccc4c4cc(-c5ccc6c(c5)-c5cccc7cccc(c57)O6)ccc43)n2-c2ccccc2)cc1. The Hall–Kier alpha value is -6.46. The highest BCUT2D eigenvalue weighted by atomic mass is 16.5. The Labute approximate surface area is 270 Å². The van der Waals surface area contributed by atoms with Gasteiger partial charge in [0.25, 0.3) is 0 Å². The zero-order valence-electron chi connectivity index (χ0n) is 25.2. The van der Waals surface area contributed by atoms with E-state index in [1.54, 1.807) is 0 Å². The maximum atomic E-state index is 6.38. The molecule has 0 amide bonds. The van der Waals surface area contributed by atoms with E-state index in [1.807, 2.05) is 30.3 Å². The molecule has 5 nitrogen and oxygen atoms in total. The number of para-hydroxylation sites is 2. The molecule has 0 atom stereocenters. The van der Waals surface area contributed by atoms with E-state index in [1.165, 1.54) is 10.9 Å². The van der Waals surface area contributed by atoms with Crippen molar-refractivity contribution in [1.29, 1.82) is 0 Å². The average molecular weight is 603 g/mol. The molecule has 1 aliphatic heterocycles. The van der Waals surface area contributed by atoms with E-state index in [4.69, 9.17) is 14.9 Å². The van der Waals surface area contributed by atoms with E-state index >= 15 is 0 Å². The van der Waals surface area contributed by atoms with Gasteiger partial charge in [-0.05, 0) is 70.6 Å². The van der Waals surface area contributed by atoms with Gasteiger partial charge in [-0.25, -0.2) is 0 Å². The topological polar surface area (TPSA) is 44.9 Å². The predicted molar refractivity (Wildman–Crippen MR) is 190 cm³/mol. The van der Waals surface area contributed by atoms with E-state index in [0.717, 1.165) is 78.4 Å². The van der Waals surface area contributed by atoms with Crippen LogP contribution in [0.3, 0.4) is 0 Å². The summed E-state index contributed by atoms with van der Waals surface area (Å²) in [6, 6.07) is 55.1. The van der Waals surface area contributed by atoms with Gasteiger partial charge < -0.3 is 4.74 Å². The minimum Gasteiger partial charge on any atom is -0.456 e. The van der Waals surface area contributed by atoms with Crippen molar-refractivity contribution >= 4 is 32.6 Å². The lowest BCUT2D eigenvalue weighted by molar-refractivity contribution is 0.487. The van der Waals surface area contributed by atoms with E-state index in [9.17, 15) is 0 Å². The van der Waals surface area contributed by atoms with Gasteiger partial charge in [-0.3, -0.25) is 9.13 Å². The van der Waals surface area contributed by atoms with Gasteiger partial charge in [-0.2, -0.15) is 0 Å². The van der Waals surface area contributed by atoms with Gasteiger partial charge in [0.2, 0.25) is 5.95 Å². The van der Waals surface area contributed by atoms with Crippen LogP contribution in [0.4, 0.5) is 0 Å². The van der Waals surface area contributed by atoms with Crippen LogP contribution in [0.15, 0.2) is 158 Å². The van der Waals surface area contributed by atoms with Crippen molar-refractivity contribution in [2.24, 2.45) is 0 Å². The Morgan fingerprint density at radius 2 is 1.17 bits per heavy atom. The Morgan fingerprint density at radius 3 is 2.04 bits per heavy atom. The van der Waals surface area contributed by atoms with Crippen molar-refractivity contribution in [3.05, 3.63) is 158 Å². The molecule has 7 aromatic carbocycles. The molecule has 9 aromatic rings. The van der Waals surface area contributed by atoms with Crippen LogP contribution in [0.2, 0.25) is 0 Å². The molecule has 0 N–H and O–H groups in total.